The first-order valence-electron chi connectivity index (χ1n) is 8.92. The number of hydrogen-bond acceptors (Lipinski definition) is 4. The predicted octanol–water partition coefficient (Wildman–Crippen LogP) is 4.17. The number of carbonyl (C=O) groups is 1. The summed E-state index contributed by atoms with van der Waals surface area (Å²) in [5.74, 6) is 1.56. The summed E-state index contributed by atoms with van der Waals surface area (Å²) in [6, 6.07) is 8.40. The van der Waals surface area contributed by atoms with Crippen LogP contribution >= 0.6 is 0 Å². The molecule has 0 saturated heterocycles. The van der Waals surface area contributed by atoms with Gasteiger partial charge in [0.15, 0.2) is 11.5 Å². The van der Waals surface area contributed by atoms with Crippen molar-refractivity contribution >= 4 is 6.29 Å². The molecule has 0 bridgehead atoms. The quantitative estimate of drug-likeness (QED) is 0.762. The van der Waals surface area contributed by atoms with Gasteiger partial charge in [0, 0.05) is 5.92 Å². The van der Waals surface area contributed by atoms with Crippen LogP contribution in [0.1, 0.15) is 56.9 Å². The Morgan fingerprint density at radius 3 is 2.46 bits per heavy atom. The maximum atomic E-state index is 11.0. The third-order valence-corrected chi connectivity index (χ3v) is 5.60. The highest BCUT2D eigenvalue weighted by atomic mass is 16.5. The van der Waals surface area contributed by atoms with Crippen molar-refractivity contribution in [3.8, 4) is 17.6 Å². The van der Waals surface area contributed by atoms with Crippen molar-refractivity contribution in [2.75, 3.05) is 7.11 Å². The zero-order valence-corrected chi connectivity index (χ0v) is 14.3. The van der Waals surface area contributed by atoms with E-state index in [0.717, 1.165) is 61.9 Å². The maximum absolute atomic E-state index is 11.0. The largest absolute Gasteiger partial charge is 0.493 e. The van der Waals surface area contributed by atoms with E-state index in [-0.39, 0.29) is 12.0 Å². The molecule has 0 radical (unpaired) electrons. The summed E-state index contributed by atoms with van der Waals surface area (Å²) >= 11 is 0. The summed E-state index contributed by atoms with van der Waals surface area (Å²) in [7, 11) is 1.64. The average molecular weight is 327 g/mol. The van der Waals surface area contributed by atoms with Crippen molar-refractivity contribution in [3.05, 3.63) is 23.8 Å². The van der Waals surface area contributed by atoms with E-state index >= 15 is 0 Å². The van der Waals surface area contributed by atoms with Crippen LogP contribution in [0.4, 0.5) is 0 Å². The molecule has 4 heteroatoms. The van der Waals surface area contributed by atoms with Crippen LogP contribution in [0.15, 0.2) is 18.2 Å². The molecule has 0 heterocycles. The van der Waals surface area contributed by atoms with Crippen molar-refractivity contribution in [2.24, 2.45) is 5.92 Å². The third kappa shape index (κ3) is 3.26. The first kappa shape index (κ1) is 16.8. The average Bonchev–Trinajstić information content (AvgIpc) is 3.15. The number of rotatable bonds is 5. The summed E-state index contributed by atoms with van der Waals surface area (Å²) in [6.45, 7) is 0. The fourth-order valence-electron chi connectivity index (χ4n) is 3.99. The van der Waals surface area contributed by atoms with Crippen molar-refractivity contribution in [2.45, 2.75) is 62.9 Å². The molecule has 0 spiro atoms. The number of benzene rings is 1. The van der Waals surface area contributed by atoms with Gasteiger partial charge in [-0.3, -0.25) is 0 Å². The van der Waals surface area contributed by atoms with Gasteiger partial charge in [-0.2, -0.15) is 5.26 Å². The van der Waals surface area contributed by atoms with Gasteiger partial charge in [0.05, 0.1) is 24.7 Å². The van der Waals surface area contributed by atoms with Crippen LogP contribution in [0.5, 0.6) is 11.5 Å². The minimum atomic E-state index is -0.514. The second-order valence-electron chi connectivity index (χ2n) is 7.06. The highest BCUT2D eigenvalue weighted by molar-refractivity contribution is 5.54. The number of nitrogens with zero attached hydrogens (tertiary/aromatic N) is 1. The molecule has 128 valence electrons. The van der Waals surface area contributed by atoms with Crippen LogP contribution in [-0.4, -0.2) is 19.5 Å². The monoisotopic (exact) mass is 327 g/mol. The summed E-state index contributed by atoms with van der Waals surface area (Å²) in [6.07, 6.45) is 8.87. The third-order valence-electron chi connectivity index (χ3n) is 5.60. The van der Waals surface area contributed by atoms with Gasteiger partial charge in [0.2, 0.25) is 0 Å². The molecule has 0 aromatic heterocycles. The number of carbonyl (C=O) groups excluding carboxylic acids is 1. The van der Waals surface area contributed by atoms with E-state index in [0.29, 0.717) is 0 Å². The molecule has 2 fully saturated rings. The molecule has 0 aliphatic heterocycles. The highest BCUT2D eigenvalue weighted by Crippen LogP contribution is 2.43. The normalized spacial score (nSPS) is 27.4. The van der Waals surface area contributed by atoms with Gasteiger partial charge in [0.1, 0.15) is 6.29 Å². The minimum absolute atomic E-state index is 0.0962. The van der Waals surface area contributed by atoms with Crippen molar-refractivity contribution in [3.63, 3.8) is 0 Å². The molecule has 1 aromatic rings. The minimum Gasteiger partial charge on any atom is -0.493 e. The Bertz CT molecular complexity index is 620. The number of nitriles is 1. The zero-order chi connectivity index (χ0) is 17.0. The fraction of sp³-hybridized carbons (Fsp3) is 0.600. The summed E-state index contributed by atoms with van der Waals surface area (Å²) in [5.41, 5.74) is 0.475. The highest BCUT2D eigenvalue weighted by Gasteiger charge is 2.37. The Morgan fingerprint density at radius 2 is 1.88 bits per heavy atom. The van der Waals surface area contributed by atoms with Crippen molar-refractivity contribution in [1.82, 2.24) is 0 Å². The molecule has 0 N–H and O–H groups in total. The Labute approximate surface area is 143 Å². The maximum Gasteiger partial charge on any atom is 0.161 e. The lowest BCUT2D eigenvalue weighted by molar-refractivity contribution is -0.112. The van der Waals surface area contributed by atoms with Crippen LogP contribution in [0, 0.1) is 17.2 Å². The van der Waals surface area contributed by atoms with E-state index in [1.165, 1.54) is 12.8 Å². The summed E-state index contributed by atoms with van der Waals surface area (Å²) in [4.78, 5) is 11.0. The molecule has 0 atom stereocenters. The fourth-order valence-corrected chi connectivity index (χ4v) is 3.99. The number of methoxy groups -OCH3 is 1. The van der Waals surface area contributed by atoms with E-state index < -0.39 is 5.41 Å². The summed E-state index contributed by atoms with van der Waals surface area (Å²) < 4.78 is 11.6. The van der Waals surface area contributed by atoms with Gasteiger partial charge >= 0.3 is 0 Å². The predicted molar refractivity (Wildman–Crippen MR) is 91.2 cm³/mol. The number of ether oxygens (including phenoxy) is 2. The van der Waals surface area contributed by atoms with Crippen LogP contribution in [0.2, 0.25) is 0 Å². The van der Waals surface area contributed by atoms with Gasteiger partial charge in [-0.1, -0.05) is 6.07 Å². The summed E-state index contributed by atoms with van der Waals surface area (Å²) in [5, 5.41) is 9.85. The lowest BCUT2D eigenvalue weighted by Crippen LogP contribution is -2.30. The standard InChI is InChI=1S/C20H25NO3/c1-23-18-7-6-16(12-19(18)24-17-4-2-3-5-17)20(14-21)10-8-15(13-22)9-11-20/h6-7,12-13,15,17H,2-5,8-11H2,1H3. The lowest BCUT2D eigenvalue weighted by atomic mass is 9.68. The van der Waals surface area contributed by atoms with Gasteiger partial charge in [-0.25, -0.2) is 0 Å². The van der Waals surface area contributed by atoms with Crippen LogP contribution < -0.4 is 9.47 Å². The van der Waals surface area contributed by atoms with Gasteiger partial charge in [0.25, 0.3) is 0 Å². The molecule has 2 aliphatic rings. The van der Waals surface area contributed by atoms with Gasteiger partial charge < -0.3 is 14.3 Å². The van der Waals surface area contributed by atoms with Crippen LogP contribution in [-0.2, 0) is 10.2 Å². The van der Waals surface area contributed by atoms with Crippen LogP contribution in [0.25, 0.3) is 0 Å². The van der Waals surface area contributed by atoms with E-state index in [2.05, 4.69) is 6.07 Å². The molecule has 24 heavy (non-hydrogen) atoms. The van der Waals surface area contributed by atoms with Crippen molar-refractivity contribution in [1.29, 1.82) is 5.26 Å². The topological polar surface area (TPSA) is 59.3 Å². The van der Waals surface area contributed by atoms with E-state index in [1.54, 1.807) is 7.11 Å². The molecular weight excluding hydrogens is 302 g/mol. The Hall–Kier alpha value is -2.02. The molecule has 0 amide bonds. The molecule has 1 aromatic carbocycles. The Balaban J connectivity index is 1.86. The van der Waals surface area contributed by atoms with Crippen LogP contribution in [0.3, 0.4) is 0 Å². The first-order valence-corrected chi connectivity index (χ1v) is 8.92. The smallest absolute Gasteiger partial charge is 0.161 e. The molecular formula is C20H25NO3. The molecule has 2 aliphatic carbocycles. The van der Waals surface area contributed by atoms with E-state index in [9.17, 15) is 10.1 Å². The lowest BCUT2D eigenvalue weighted by Gasteiger charge is -2.34. The second kappa shape index (κ2) is 7.25. The molecule has 0 unspecified atom stereocenters. The number of aldehydes is 1. The van der Waals surface area contributed by atoms with Crippen molar-refractivity contribution < 1.29 is 14.3 Å². The Morgan fingerprint density at radius 1 is 1.17 bits per heavy atom. The zero-order valence-electron chi connectivity index (χ0n) is 14.3. The molecule has 2 saturated carbocycles. The van der Waals surface area contributed by atoms with E-state index in [1.807, 2.05) is 18.2 Å². The van der Waals surface area contributed by atoms with Gasteiger partial charge in [-0.15, -0.1) is 0 Å². The Kier molecular flexibility index (Phi) is 5.08. The number of hydrogen-bond donors (Lipinski definition) is 0. The molecule has 3 rings (SSSR count). The molecule has 4 nitrogen and oxygen atoms in total. The first-order chi connectivity index (χ1) is 11.7. The second-order valence-corrected chi connectivity index (χ2v) is 7.06. The van der Waals surface area contributed by atoms with E-state index in [4.69, 9.17) is 9.47 Å². The van der Waals surface area contributed by atoms with Gasteiger partial charge in [-0.05, 0) is 69.1 Å². The SMILES string of the molecule is COc1ccc(C2(C#N)CCC(C=O)CC2)cc1OC1CCCC1.